The molecule has 1 aromatic heterocycles. The van der Waals surface area contributed by atoms with Crippen LogP contribution in [0.4, 0.5) is 0 Å². The van der Waals surface area contributed by atoms with Crippen molar-refractivity contribution in [2.45, 2.75) is 19.9 Å². The Kier molecular flexibility index (Phi) is 3.78. The summed E-state index contributed by atoms with van der Waals surface area (Å²) in [6, 6.07) is 6.83. The van der Waals surface area contributed by atoms with E-state index in [1.165, 1.54) is 17.7 Å². The van der Waals surface area contributed by atoms with Gasteiger partial charge >= 0.3 is 5.97 Å². The standard InChI is InChI=1S/C16H14BrNO4/c1-9-6-11(17)7-10-4-5-18(8-12(9)10)15(19)13-2-3-14(22-13)16(20)21/h2-3,6-7H,4-5,8H2,1H3,(H,20,21). The summed E-state index contributed by atoms with van der Waals surface area (Å²) in [5, 5.41) is 8.86. The van der Waals surface area contributed by atoms with Gasteiger partial charge in [0.15, 0.2) is 5.76 Å². The minimum absolute atomic E-state index is 0.0654. The first kappa shape index (κ1) is 14.8. The average Bonchev–Trinajstić information content (AvgIpc) is 2.96. The largest absolute Gasteiger partial charge is 0.475 e. The minimum atomic E-state index is -1.18. The van der Waals surface area contributed by atoms with Crippen LogP contribution < -0.4 is 0 Å². The second kappa shape index (κ2) is 5.61. The highest BCUT2D eigenvalue weighted by molar-refractivity contribution is 9.10. The topological polar surface area (TPSA) is 70.8 Å². The predicted molar refractivity (Wildman–Crippen MR) is 83.0 cm³/mol. The van der Waals surface area contributed by atoms with E-state index in [1.807, 2.05) is 13.0 Å². The van der Waals surface area contributed by atoms with Crippen LogP contribution in [-0.4, -0.2) is 28.4 Å². The number of hydrogen-bond donors (Lipinski definition) is 1. The number of fused-ring (bicyclic) bond motifs is 1. The number of amides is 1. The molecule has 1 aromatic carbocycles. The van der Waals surface area contributed by atoms with Gasteiger partial charge in [-0.15, -0.1) is 0 Å². The molecule has 0 unspecified atom stereocenters. The number of aromatic carboxylic acids is 1. The molecular weight excluding hydrogens is 350 g/mol. The fourth-order valence-corrected chi connectivity index (χ4v) is 3.33. The molecule has 0 radical (unpaired) electrons. The Morgan fingerprint density at radius 1 is 1.27 bits per heavy atom. The van der Waals surface area contributed by atoms with Crippen molar-refractivity contribution in [3.05, 3.63) is 56.9 Å². The zero-order valence-electron chi connectivity index (χ0n) is 11.9. The van der Waals surface area contributed by atoms with Gasteiger partial charge in [-0.25, -0.2) is 4.79 Å². The van der Waals surface area contributed by atoms with E-state index in [-0.39, 0.29) is 17.4 Å². The number of hydrogen-bond acceptors (Lipinski definition) is 3. The summed E-state index contributed by atoms with van der Waals surface area (Å²) in [7, 11) is 0. The molecule has 0 atom stereocenters. The fraction of sp³-hybridized carbons (Fsp3) is 0.250. The second-order valence-corrected chi connectivity index (χ2v) is 6.22. The van der Waals surface area contributed by atoms with Gasteiger partial charge in [-0.05, 0) is 54.3 Å². The minimum Gasteiger partial charge on any atom is -0.475 e. The van der Waals surface area contributed by atoms with Crippen LogP contribution in [0.25, 0.3) is 0 Å². The summed E-state index contributed by atoms with van der Waals surface area (Å²) in [5.74, 6) is -1.61. The molecule has 6 heteroatoms. The lowest BCUT2D eigenvalue weighted by Crippen LogP contribution is -2.36. The van der Waals surface area contributed by atoms with E-state index >= 15 is 0 Å². The third kappa shape index (κ3) is 2.66. The Morgan fingerprint density at radius 3 is 2.68 bits per heavy atom. The lowest BCUT2D eigenvalue weighted by Gasteiger charge is -2.29. The quantitative estimate of drug-likeness (QED) is 0.888. The molecular formula is C16H14BrNO4. The molecule has 1 N–H and O–H groups in total. The number of carbonyl (C=O) groups is 2. The Labute approximate surface area is 135 Å². The molecule has 3 rings (SSSR count). The van der Waals surface area contributed by atoms with Gasteiger partial charge in [-0.2, -0.15) is 0 Å². The number of carboxylic acid groups (broad SMARTS) is 1. The van der Waals surface area contributed by atoms with Crippen molar-refractivity contribution in [3.63, 3.8) is 0 Å². The van der Waals surface area contributed by atoms with Crippen LogP contribution in [0.2, 0.25) is 0 Å². The Bertz CT molecular complexity index is 766. The molecule has 0 aliphatic carbocycles. The van der Waals surface area contributed by atoms with Gasteiger partial charge in [0.05, 0.1) is 0 Å². The van der Waals surface area contributed by atoms with E-state index in [4.69, 9.17) is 9.52 Å². The first-order valence-electron chi connectivity index (χ1n) is 6.86. The number of nitrogens with zero attached hydrogens (tertiary/aromatic N) is 1. The number of aryl methyl sites for hydroxylation is 1. The van der Waals surface area contributed by atoms with E-state index in [0.29, 0.717) is 13.1 Å². The smallest absolute Gasteiger partial charge is 0.371 e. The second-order valence-electron chi connectivity index (χ2n) is 5.31. The lowest BCUT2D eigenvalue weighted by atomic mass is 9.95. The van der Waals surface area contributed by atoms with Crippen molar-refractivity contribution in [1.82, 2.24) is 4.90 Å². The molecule has 0 saturated heterocycles. The molecule has 2 aromatic rings. The maximum atomic E-state index is 12.5. The highest BCUT2D eigenvalue weighted by Gasteiger charge is 2.25. The SMILES string of the molecule is Cc1cc(Br)cc2c1CN(C(=O)c1ccc(C(=O)O)o1)CC2. The lowest BCUT2D eigenvalue weighted by molar-refractivity contribution is 0.0645. The number of benzene rings is 1. The van der Waals surface area contributed by atoms with Crippen LogP contribution in [0.15, 0.2) is 33.2 Å². The highest BCUT2D eigenvalue weighted by atomic mass is 79.9. The molecule has 0 fully saturated rings. The van der Waals surface area contributed by atoms with Gasteiger partial charge in [0.2, 0.25) is 5.76 Å². The summed E-state index contributed by atoms with van der Waals surface area (Å²) in [4.78, 5) is 25.0. The zero-order chi connectivity index (χ0) is 15.9. The third-order valence-electron chi connectivity index (χ3n) is 3.84. The Balaban J connectivity index is 1.84. The maximum Gasteiger partial charge on any atom is 0.371 e. The van der Waals surface area contributed by atoms with Crippen LogP contribution in [0.3, 0.4) is 0 Å². The van der Waals surface area contributed by atoms with Gasteiger partial charge in [0.1, 0.15) is 0 Å². The molecule has 114 valence electrons. The van der Waals surface area contributed by atoms with Crippen LogP contribution in [0.5, 0.6) is 0 Å². The van der Waals surface area contributed by atoms with Crippen molar-refractivity contribution >= 4 is 27.8 Å². The highest BCUT2D eigenvalue weighted by Crippen LogP contribution is 2.27. The van der Waals surface area contributed by atoms with Crippen LogP contribution in [-0.2, 0) is 13.0 Å². The predicted octanol–water partition coefficient (Wildman–Crippen LogP) is 3.25. The first-order valence-corrected chi connectivity index (χ1v) is 7.65. The molecule has 1 aliphatic heterocycles. The summed E-state index contributed by atoms with van der Waals surface area (Å²) in [5.41, 5.74) is 3.52. The van der Waals surface area contributed by atoms with E-state index in [0.717, 1.165) is 22.0 Å². The molecule has 1 aliphatic rings. The van der Waals surface area contributed by atoms with Crippen LogP contribution >= 0.6 is 15.9 Å². The summed E-state index contributed by atoms with van der Waals surface area (Å²) < 4.78 is 6.14. The summed E-state index contributed by atoms with van der Waals surface area (Å²) >= 11 is 3.49. The number of furan rings is 1. The van der Waals surface area contributed by atoms with Crippen LogP contribution in [0, 0.1) is 6.92 Å². The normalized spacial score (nSPS) is 13.8. The van der Waals surface area contributed by atoms with Gasteiger partial charge < -0.3 is 14.4 Å². The molecule has 2 heterocycles. The molecule has 0 bridgehead atoms. The number of carboxylic acids is 1. The third-order valence-corrected chi connectivity index (χ3v) is 4.30. The Morgan fingerprint density at radius 2 is 2.00 bits per heavy atom. The molecule has 1 amide bonds. The molecule has 5 nitrogen and oxygen atoms in total. The molecule has 22 heavy (non-hydrogen) atoms. The summed E-state index contributed by atoms with van der Waals surface area (Å²) in [6.07, 6.45) is 0.772. The molecule has 0 saturated carbocycles. The number of halogens is 1. The van der Waals surface area contributed by atoms with Crippen molar-refractivity contribution in [1.29, 1.82) is 0 Å². The first-order chi connectivity index (χ1) is 10.5. The summed E-state index contributed by atoms with van der Waals surface area (Å²) in [6.45, 7) is 3.12. The molecule has 0 spiro atoms. The van der Waals surface area contributed by atoms with Crippen molar-refractivity contribution < 1.29 is 19.1 Å². The zero-order valence-corrected chi connectivity index (χ0v) is 13.5. The van der Waals surface area contributed by atoms with Gasteiger partial charge in [-0.3, -0.25) is 4.79 Å². The number of carbonyl (C=O) groups excluding carboxylic acids is 1. The number of rotatable bonds is 2. The van der Waals surface area contributed by atoms with Crippen molar-refractivity contribution in [2.24, 2.45) is 0 Å². The van der Waals surface area contributed by atoms with E-state index in [1.54, 1.807) is 4.90 Å². The van der Waals surface area contributed by atoms with Gasteiger partial charge in [0.25, 0.3) is 5.91 Å². The van der Waals surface area contributed by atoms with Crippen molar-refractivity contribution in [2.75, 3.05) is 6.54 Å². The maximum absolute atomic E-state index is 12.5. The monoisotopic (exact) mass is 363 g/mol. The van der Waals surface area contributed by atoms with E-state index in [2.05, 4.69) is 22.0 Å². The van der Waals surface area contributed by atoms with Crippen molar-refractivity contribution in [3.8, 4) is 0 Å². The van der Waals surface area contributed by atoms with Gasteiger partial charge in [-0.1, -0.05) is 15.9 Å². The van der Waals surface area contributed by atoms with E-state index < -0.39 is 5.97 Å². The van der Waals surface area contributed by atoms with E-state index in [9.17, 15) is 9.59 Å². The van der Waals surface area contributed by atoms with Gasteiger partial charge in [0, 0.05) is 17.6 Å². The fourth-order valence-electron chi connectivity index (χ4n) is 2.71. The van der Waals surface area contributed by atoms with Crippen LogP contribution in [0.1, 0.15) is 37.8 Å². The average molecular weight is 364 g/mol. The Hall–Kier alpha value is -2.08.